The van der Waals surface area contributed by atoms with E-state index in [1.54, 1.807) is 0 Å². The summed E-state index contributed by atoms with van der Waals surface area (Å²) in [5, 5.41) is 0. The minimum Gasteiger partial charge on any atom is -0.337 e. The fraction of sp³-hybridized carbons (Fsp3) is 0.538. The highest BCUT2D eigenvalue weighted by atomic mass is 17.2. The van der Waals surface area contributed by atoms with Crippen LogP contribution in [-0.4, -0.2) is 5.60 Å². The van der Waals surface area contributed by atoms with Crippen LogP contribution in [0.15, 0.2) is 24.3 Å². The summed E-state index contributed by atoms with van der Waals surface area (Å²) in [5.41, 5.74) is 0.971. The first-order chi connectivity index (χ1) is 6.88. The molecular weight excluding hydrogens is 188 g/mol. The Morgan fingerprint density at radius 1 is 1.13 bits per heavy atom. The van der Waals surface area contributed by atoms with E-state index in [9.17, 15) is 0 Å². The molecule has 2 nitrogen and oxygen atoms in total. The number of rotatable bonds is 3. The molecule has 0 aliphatic rings. The van der Waals surface area contributed by atoms with E-state index in [0.717, 1.165) is 5.75 Å². The van der Waals surface area contributed by atoms with E-state index in [0.29, 0.717) is 5.92 Å². The van der Waals surface area contributed by atoms with Gasteiger partial charge in [-0.2, -0.15) is 4.89 Å². The van der Waals surface area contributed by atoms with Crippen LogP contribution in [0.3, 0.4) is 0 Å². The van der Waals surface area contributed by atoms with Gasteiger partial charge in [-0.3, -0.25) is 0 Å². The van der Waals surface area contributed by atoms with Gasteiger partial charge in [-0.15, -0.1) is 0 Å². The third-order valence-corrected chi connectivity index (χ3v) is 1.91. The Bertz CT molecular complexity index is 311. The highest BCUT2D eigenvalue weighted by molar-refractivity contribution is 5.29. The normalized spacial score (nSPS) is 11.9. The van der Waals surface area contributed by atoms with E-state index in [-0.39, 0.29) is 5.60 Å². The first kappa shape index (κ1) is 12.1. The van der Waals surface area contributed by atoms with Crippen molar-refractivity contribution in [1.29, 1.82) is 0 Å². The summed E-state index contributed by atoms with van der Waals surface area (Å²) in [6.07, 6.45) is 0. The van der Waals surface area contributed by atoms with E-state index < -0.39 is 0 Å². The molecule has 0 N–H and O–H groups in total. The molecule has 0 heterocycles. The van der Waals surface area contributed by atoms with Crippen molar-refractivity contribution in [3.05, 3.63) is 29.8 Å². The Morgan fingerprint density at radius 2 is 1.80 bits per heavy atom. The molecule has 0 spiro atoms. The molecule has 84 valence electrons. The predicted molar refractivity (Wildman–Crippen MR) is 62.0 cm³/mol. The van der Waals surface area contributed by atoms with Crippen molar-refractivity contribution >= 4 is 0 Å². The van der Waals surface area contributed by atoms with Gasteiger partial charge < -0.3 is 4.89 Å². The van der Waals surface area contributed by atoms with Crippen molar-refractivity contribution in [2.24, 2.45) is 0 Å². The van der Waals surface area contributed by atoms with Crippen LogP contribution < -0.4 is 4.89 Å². The topological polar surface area (TPSA) is 18.5 Å². The van der Waals surface area contributed by atoms with E-state index in [1.165, 1.54) is 5.56 Å². The van der Waals surface area contributed by atoms with Crippen LogP contribution >= 0.6 is 0 Å². The lowest BCUT2D eigenvalue weighted by atomic mass is 10.0. The summed E-state index contributed by atoms with van der Waals surface area (Å²) in [5.74, 6) is 1.26. The van der Waals surface area contributed by atoms with Crippen LogP contribution in [0, 0.1) is 0 Å². The number of benzene rings is 1. The second-order valence-electron chi connectivity index (χ2n) is 5.01. The molecule has 0 saturated carbocycles. The summed E-state index contributed by atoms with van der Waals surface area (Å²) < 4.78 is 0. The van der Waals surface area contributed by atoms with E-state index in [4.69, 9.17) is 9.78 Å². The van der Waals surface area contributed by atoms with Crippen LogP contribution in [-0.2, 0) is 4.89 Å². The van der Waals surface area contributed by atoms with Gasteiger partial charge >= 0.3 is 0 Å². The van der Waals surface area contributed by atoms with E-state index >= 15 is 0 Å². The molecular formula is C13H20O2. The third kappa shape index (κ3) is 4.34. The number of hydrogen-bond acceptors (Lipinski definition) is 2. The molecule has 2 heteroatoms. The molecule has 1 aromatic rings. The molecule has 15 heavy (non-hydrogen) atoms. The smallest absolute Gasteiger partial charge is 0.165 e. The van der Waals surface area contributed by atoms with Crippen LogP contribution in [0.5, 0.6) is 5.75 Å². The highest BCUT2D eigenvalue weighted by Crippen LogP contribution is 2.21. The summed E-state index contributed by atoms with van der Waals surface area (Å²) in [4.78, 5) is 10.5. The Labute approximate surface area is 92.1 Å². The largest absolute Gasteiger partial charge is 0.337 e. The molecule has 0 bridgehead atoms. The lowest BCUT2D eigenvalue weighted by molar-refractivity contribution is -0.274. The molecule has 0 atom stereocenters. The third-order valence-electron chi connectivity index (χ3n) is 1.91. The predicted octanol–water partition coefficient (Wildman–Crippen LogP) is 3.92. The first-order valence-corrected chi connectivity index (χ1v) is 5.34. The van der Waals surface area contributed by atoms with Crippen molar-refractivity contribution in [3.8, 4) is 5.75 Å². The Balaban J connectivity index is 2.66. The SMILES string of the molecule is CC(C)c1cccc(OOC(C)(C)C)c1. The van der Waals surface area contributed by atoms with Crippen LogP contribution in [0.4, 0.5) is 0 Å². The summed E-state index contributed by atoms with van der Waals surface area (Å²) in [6, 6.07) is 7.99. The maximum Gasteiger partial charge on any atom is 0.165 e. The van der Waals surface area contributed by atoms with E-state index in [1.807, 2.05) is 39.0 Å². The van der Waals surface area contributed by atoms with Crippen molar-refractivity contribution in [2.45, 2.75) is 46.1 Å². The van der Waals surface area contributed by atoms with Crippen LogP contribution in [0.1, 0.15) is 46.1 Å². The zero-order chi connectivity index (χ0) is 11.5. The van der Waals surface area contributed by atoms with Crippen molar-refractivity contribution < 1.29 is 9.78 Å². The summed E-state index contributed by atoms with van der Waals surface area (Å²) >= 11 is 0. The van der Waals surface area contributed by atoms with Gasteiger partial charge in [0.2, 0.25) is 0 Å². The standard InChI is InChI=1S/C13H20O2/c1-10(2)11-7-6-8-12(9-11)14-15-13(3,4)5/h6-10H,1-5H3. The first-order valence-electron chi connectivity index (χ1n) is 5.34. The van der Waals surface area contributed by atoms with Crippen molar-refractivity contribution in [2.75, 3.05) is 0 Å². The summed E-state index contributed by atoms with van der Waals surface area (Å²) in [6.45, 7) is 10.2. The average Bonchev–Trinajstić information content (AvgIpc) is 2.14. The van der Waals surface area contributed by atoms with Gasteiger partial charge in [0, 0.05) is 0 Å². The van der Waals surface area contributed by atoms with Crippen LogP contribution in [0.25, 0.3) is 0 Å². The lowest BCUT2D eigenvalue weighted by Gasteiger charge is -2.18. The van der Waals surface area contributed by atoms with Gasteiger partial charge in [-0.1, -0.05) is 26.0 Å². The molecule has 0 aliphatic heterocycles. The fourth-order valence-electron chi connectivity index (χ4n) is 1.10. The molecule has 0 fully saturated rings. The van der Waals surface area contributed by atoms with Gasteiger partial charge in [-0.25, -0.2) is 0 Å². The average molecular weight is 208 g/mol. The van der Waals surface area contributed by atoms with Gasteiger partial charge in [0.1, 0.15) is 5.60 Å². The molecule has 1 rings (SSSR count). The zero-order valence-electron chi connectivity index (χ0n) is 10.2. The second kappa shape index (κ2) is 4.67. The van der Waals surface area contributed by atoms with Crippen molar-refractivity contribution in [1.82, 2.24) is 0 Å². The Hall–Kier alpha value is -1.02. The zero-order valence-corrected chi connectivity index (χ0v) is 10.2. The second-order valence-corrected chi connectivity index (χ2v) is 5.01. The molecule has 0 radical (unpaired) electrons. The van der Waals surface area contributed by atoms with E-state index in [2.05, 4.69) is 19.9 Å². The highest BCUT2D eigenvalue weighted by Gasteiger charge is 2.12. The minimum absolute atomic E-state index is 0.284. The molecule has 0 saturated heterocycles. The molecule has 1 aromatic carbocycles. The molecule has 0 unspecified atom stereocenters. The van der Waals surface area contributed by atoms with Gasteiger partial charge in [-0.05, 0) is 44.4 Å². The number of hydrogen-bond donors (Lipinski definition) is 0. The lowest BCUT2D eigenvalue weighted by Crippen LogP contribution is -2.21. The maximum atomic E-state index is 5.26. The van der Waals surface area contributed by atoms with Gasteiger partial charge in [0.25, 0.3) is 0 Å². The molecule has 0 aromatic heterocycles. The fourth-order valence-corrected chi connectivity index (χ4v) is 1.10. The summed E-state index contributed by atoms with van der Waals surface area (Å²) in [7, 11) is 0. The molecule has 0 amide bonds. The minimum atomic E-state index is -0.284. The van der Waals surface area contributed by atoms with Crippen LogP contribution in [0.2, 0.25) is 0 Å². The van der Waals surface area contributed by atoms with Gasteiger partial charge in [0.15, 0.2) is 5.75 Å². The quantitative estimate of drug-likeness (QED) is 0.553. The van der Waals surface area contributed by atoms with Crippen molar-refractivity contribution in [3.63, 3.8) is 0 Å². The Morgan fingerprint density at radius 3 is 2.33 bits per heavy atom. The monoisotopic (exact) mass is 208 g/mol. The molecule has 0 aliphatic carbocycles. The Kier molecular flexibility index (Phi) is 3.75. The van der Waals surface area contributed by atoms with Gasteiger partial charge in [0.05, 0.1) is 0 Å². The maximum absolute atomic E-state index is 5.26.